The number of hydrogen-bond acceptors (Lipinski definition) is 6. The molecule has 0 saturated carbocycles. The maximum Gasteiger partial charge on any atom is 0.351 e. The minimum Gasteiger partial charge on any atom is -0.477 e. The van der Waals surface area contributed by atoms with Crippen molar-refractivity contribution in [3.8, 4) is 0 Å². The number of carboxylic acids is 1. The van der Waals surface area contributed by atoms with Gasteiger partial charge in [0.1, 0.15) is 10.6 Å². The first-order chi connectivity index (χ1) is 11.0. The molecule has 0 spiro atoms. The van der Waals surface area contributed by atoms with Gasteiger partial charge in [0.05, 0.1) is 10.3 Å². The third kappa shape index (κ3) is 2.71. The number of anilines is 1. The van der Waals surface area contributed by atoms with E-state index in [1.807, 2.05) is 0 Å². The van der Waals surface area contributed by atoms with Crippen LogP contribution >= 0.6 is 11.3 Å². The summed E-state index contributed by atoms with van der Waals surface area (Å²) >= 11 is 1.16. The van der Waals surface area contributed by atoms with E-state index in [0.29, 0.717) is 15.3 Å². The van der Waals surface area contributed by atoms with Crippen LogP contribution in [0.15, 0.2) is 45.9 Å². The summed E-state index contributed by atoms with van der Waals surface area (Å²) in [6.07, 6.45) is 3.02. The standard InChI is InChI=1S/C15H10N2O5S/c1-17(13(18)8-3-2-4-16-7-8)12-6-10-11(23-12)5-9(14(19)20)15(21)22-10/h2-7H,1H3,(H,19,20). The van der Waals surface area contributed by atoms with Crippen LogP contribution in [0.25, 0.3) is 10.3 Å². The minimum absolute atomic E-state index is 0.242. The first kappa shape index (κ1) is 14.9. The SMILES string of the molecule is CN(C(=O)c1cccnc1)c1cc2oc(=O)c(C(=O)O)cc2s1. The molecule has 3 rings (SSSR count). The monoisotopic (exact) mass is 330 g/mol. The Bertz CT molecular complexity index is 961. The van der Waals surface area contributed by atoms with Crippen molar-refractivity contribution >= 4 is 38.5 Å². The Morgan fingerprint density at radius 2 is 2.13 bits per heavy atom. The molecule has 0 saturated heterocycles. The predicted octanol–water partition coefficient (Wildman–Crippen LogP) is 2.22. The smallest absolute Gasteiger partial charge is 0.351 e. The maximum atomic E-state index is 12.4. The highest BCUT2D eigenvalue weighted by atomic mass is 32.1. The molecule has 0 aliphatic rings. The van der Waals surface area contributed by atoms with Gasteiger partial charge in [-0.15, -0.1) is 11.3 Å². The van der Waals surface area contributed by atoms with Crippen LogP contribution in [0.4, 0.5) is 5.00 Å². The van der Waals surface area contributed by atoms with E-state index in [-0.39, 0.29) is 11.5 Å². The number of rotatable bonds is 3. The molecule has 23 heavy (non-hydrogen) atoms. The lowest BCUT2D eigenvalue weighted by Crippen LogP contribution is -2.25. The second kappa shape index (κ2) is 5.65. The number of aromatic carboxylic acids is 1. The Labute approximate surface area is 133 Å². The van der Waals surface area contributed by atoms with E-state index in [9.17, 15) is 14.4 Å². The molecule has 7 nitrogen and oxygen atoms in total. The van der Waals surface area contributed by atoms with Crippen LogP contribution in [-0.2, 0) is 0 Å². The molecule has 0 bridgehead atoms. The molecule has 0 atom stereocenters. The molecule has 0 unspecified atom stereocenters. The van der Waals surface area contributed by atoms with Crippen molar-refractivity contribution in [3.05, 3.63) is 58.2 Å². The van der Waals surface area contributed by atoms with E-state index in [2.05, 4.69) is 4.98 Å². The summed E-state index contributed by atoms with van der Waals surface area (Å²) in [7, 11) is 1.58. The quantitative estimate of drug-likeness (QED) is 0.790. The van der Waals surface area contributed by atoms with Gasteiger partial charge >= 0.3 is 11.6 Å². The molecule has 1 amide bonds. The fourth-order valence-corrected chi connectivity index (χ4v) is 2.99. The van der Waals surface area contributed by atoms with Crippen LogP contribution in [0.5, 0.6) is 0 Å². The van der Waals surface area contributed by atoms with Gasteiger partial charge in [-0.3, -0.25) is 9.78 Å². The lowest BCUT2D eigenvalue weighted by atomic mass is 10.2. The van der Waals surface area contributed by atoms with Gasteiger partial charge in [-0.25, -0.2) is 9.59 Å². The number of nitrogens with zero attached hydrogens (tertiary/aromatic N) is 2. The Balaban J connectivity index is 2.02. The third-order valence-corrected chi connectivity index (χ3v) is 4.32. The highest BCUT2D eigenvalue weighted by molar-refractivity contribution is 7.22. The molecule has 0 fully saturated rings. The fraction of sp³-hybridized carbons (Fsp3) is 0.0667. The van der Waals surface area contributed by atoms with Crippen LogP contribution in [0.2, 0.25) is 0 Å². The second-order valence-corrected chi connectivity index (χ2v) is 5.73. The van der Waals surface area contributed by atoms with E-state index in [1.165, 1.54) is 23.2 Å². The van der Waals surface area contributed by atoms with Gasteiger partial charge in [0.2, 0.25) is 0 Å². The summed E-state index contributed by atoms with van der Waals surface area (Å²) in [5.41, 5.74) is -0.700. The van der Waals surface area contributed by atoms with Gasteiger partial charge in [-0.2, -0.15) is 0 Å². The van der Waals surface area contributed by atoms with E-state index in [4.69, 9.17) is 9.52 Å². The van der Waals surface area contributed by atoms with Crippen LogP contribution in [0.1, 0.15) is 20.7 Å². The average molecular weight is 330 g/mol. The van der Waals surface area contributed by atoms with Gasteiger partial charge in [-0.05, 0) is 18.2 Å². The average Bonchev–Trinajstić information content (AvgIpc) is 2.96. The Kier molecular flexibility index (Phi) is 3.67. The molecule has 0 aliphatic heterocycles. The Hall–Kier alpha value is -3.00. The van der Waals surface area contributed by atoms with Crippen molar-refractivity contribution in [2.45, 2.75) is 0 Å². The number of carboxylic acid groups (broad SMARTS) is 1. The molecule has 3 aromatic heterocycles. The summed E-state index contributed by atoms with van der Waals surface area (Å²) in [4.78, 5) is 40.2. The van der Waals surface area contributed by atoms with Gasteiger partial charge < -0.3 is 14.4 Å². The van der Waals surface area contributed by atoms with E-state index < -0.39 is 17.2 Å². The van der Waals surface area contributed by atoms with Gasteiger partial charge in [-0.1, -0.05) is 0 Å². The van der Waals surface area contributed by atoms with Gasteiger partial charge in [0, 0.05) is 25.5 Å². The zero-order valence-electron chi connectivity index (χ0n) is 11.8. The summed E-state index contributed by atoms with van der Waals surface area (Å²) in [6.45, 7) is 0. The van der Waals surface area contributed by atoms with Crippen molar-refractivity contribution in [1.82, 2.24) is 4.98 Å². The van der Waals surface area contributed by atoms with E-state index in [1.54, 1.807) is 25.4 Å². The third-order valence-electron chi connectivity index (χ3n) is 3.18. The molecule has 0 radical (unpaired) electrons. The Morgan fingerprint density at radius 3 is 2.78 bits per heavy atom. The van der Waals surface area contributed by atoms with Crippen molar-refractivity contribution in [3.63, 3.8) is 0 Å². The van der Waals surface area contributed by atoms with E-state index >= 15 is 0 Å². The maximum absolute atomic E-state index is 12.4. The molecular weight excluding hydrogens is 320 g/mol. The number of carbonyl (C=O) groups excluding carboxylic acids is 1. The predicted molar refractivity (Wildman–Crippen MR) is 84.3 cm³/mol. The second-order valence-electron chi connectivity index (χ2n) is 4.67. The molecule has 3 aromatic rings. The van der Waals surface area contributed by atoms with Crippen molar-refractivity contribution in [2.24, 2.45) is 0 Å². The zero-order chi connectivity index (χ0) is 16.6. The molecule has 0 aliphatic carbocycles. The molecule has 8 heteroatoms. The number of carbonyl (C=O) groups is 2. The molecular formula is C15H10N2O5S. The molecule has 3 heterocycles. The van der Waals surface area contributed by atoms with Crippen LogP contribution in [0, 0.1) is 0 Å². The first-order valence-electron chi connectivity index (χ1n) is 6.46. The summed E-state index contributed by atoms with van der Waals surface area (Å²) in [5.74, 6) is -1.62. The van der Waals surface area contributed by atoms with Crippen LogP contribution in [-0.4, -0.2) is 29.0 Å². The molecule has 1 N–H and O–H groups in total. The van der Waals surface area contributed by atoms with Gasteiger partial charge in [0.15, 0.2) is 5.58 Å². The number of fused-ring (bicyclic) bond motifs is 1. The highest BCUT2D eigenvalue weighted by Gasteiger charge is 2.19. The lowest BCUT2D eigenvalue weighted by Gasteiger charge is -2.14. The van der Waals surface area contributed by atoms with E-state index in [0.717, 1.165) is 11.3 Å². The number of amides is 1. The minimum atomic E-state index is -1.35. The fourth-order valence-electron chi connectivity index (χ4n) is 2.00. The topological polar surface area (TPSA) is 101 Å². The number of pyridine rings is 1. The number of aromatic nitrogens is 1. The van der Waals surface area contributed by atoms with Crippen molar-refractivity contribution in [2.75, 3.05) is 11.9 Å². The van der Waals surface area contributed by atoms with Gasteiger partial charge in [0.25, 0.3) is 5.91 Å². The first-order valence-corrected chi connectivity index (χ1v) is 7.28. The summed E-state index contributed by atoms with van der Waals surface area (Å²) < 4.78 is 5.47. The zero-order valence-corrected chi connectivity index (χ0v) is 12.7. The number of hydrogen-bond donors (Lipinski definition) is 1. The molecule has 0 aromatic carbocycles. The summed E-state index contributed by atoms with van der Waals surface area (Å²) in [5, 5.41) is 9.48. The number of thiophene rings is 1. The van der Waals surface area contributed by atoms with Crippen molar-refractivity contribution < 1.29 is 19.1 Å². The largest absolute Gasteiger partial charge is 0.477 e. The van der Waals surface area contributed by atoms with Crippen LogP contribution < -0.4 is 10.5 Å². The normalized spacial score (nSPS) is 10.7. The van der Waals surface area contributed by atoms with Crippen molar-refractivity contribution in [1.29, 1.82) is 0 Å². The Morgan fingerprint density at radius 1 is 1.35 bits per heavy atom. The highest BCUT2D eigenvalue weighted by Crippen LogP contribution is 2.32. The lowest BCUT2D eigenvalue weighted by molar-refractivity contribution is 0.0692. The molecule has 116 valence electrons. The summed E-state index contributed by atoms with van der Waals surface area (Å²) in [6, 6.07) is 6.08. The van der Waals surface area contributed by atoms with Crippen LogP contribution in [0.3, 0.4) is 0 Å².